The van der Waals surface area contributed by atoms with Gasteiger partial charge in [-0.15, -0.1) is 0 Å². The lowest BCUT2D eigenvalue weighted by Gasteiger charge is -2.37. The van der Waals surface area contributed by atoms with Gasteiger partial charge in [-0.05, 0) is 29.5 Å². The third kappa shape index (κ3) is 6.31. The Labute approximate surface area is 256 Å². The van der Waals surface area contributed by atoms with Gasteiger partial charge < -0.3 is 19.9 Å². The molecule has 5 atom stereocenters. The molecular formula is C35H39N3O6. The molecule has 0 bridgehead atoms. The molecule has 44 heavy (non-hydrogen) atoms. The van der Waals surface area contributed by atoms with Crippen molar-refractivity contribution >= 4 is 5.97 Å². The number of nitrogens with one attached hydrogen (secondary N) is 1. The summed E-state index contributed by atoms with van der Waals surface area (Å²) in [4.78, 5) is 40.3. The summed E-state index contributed by atoms with van der Waals surface area (Å²) in [5.41, 5.74) is 7.21. The summed E-state index contributed by atoms with van der Waals surface area (Å²) < 4.78 is 20.7. The number of aromatic nitrogens is 2. The van der Waals surface area contributed by atoms with Crippen molar-refractivity contribution < 1.29 is 19.0 Å². The number of hydrogen-bond donors (Lipinski definition) is 2. The molecule has 5 rings (SSSR count). The molecule has 1 aromatic heterocycles. The number of carbonyl (C=O) groups excluding carboxylic acids is 1. The van der Waals surface area contributed by atoms with E-state index in [0.29, 0.717) is 12.0 Å². The van der Waals surface area contributed by atoms with Crippen LogP contribution in [0.1, 0.15) is 55.2 Å². The molecule has 1 fully saturated rings. The summed E-state index contributed by atoms with van der Waals surface area (Å²) in [5.74, 6) is -0.620. The van der Waals surface area contributed by atoms with Gasteiger partial charge >= 0.3 is 11.7 Å². The minimum absolute atomic E-state index is 0.0167. The fourth-order valence-corrected chi connectivity index (χ4v) is 5.63. The number of aromatic amines is 1. The first-order valence-corrected chi connectivity index (χ1v) is 15.0. The third-order valence-electron chi connectivity index (χ3n) is 8.44. The van der Waals surface area contributed by atoms with Crippen molar-refractivity contribution in [3.63, 3.8) is 0 Å². The van der Waals surface area contributed by atoms with E-state index in [1.807, 2.05) is 105 Å². The number of nitrogens with zero attached hydrogens (tertiary/aromatic N) is 1. The van der Waals surface area contributed by atoms with Gasteiger partial charge in [-0.25, -0.2) is 4.79 Å². The molecule has 0 aliphatic carbocycles. The van der Waals surface area contributed by atoms with Crippen LogP contribution in [0.5, 0.6) is 0 Å². The number of ether oxygens (including phenoxy) is 3. The van der Waals surface area contributed by atoms with Gasteiger partial charge in [0.15, 0.2) is 0 Å². The monoisotopic (exact) mass is 597 g/mol. The lowest BCUT2D eigenvalue weighted by atomic mass is 9.80. The Balaban J connectivity index is 1.54. The molecule has 0 spiro atoms. The van der Waals surface area contributed by atoms with E-state index in [9.17, 15) is 14.4 Å². The van der Waals surface area contributed by atoms with Crippen LogP contribution in [0.2, 0.25) is 0 Å². The number of aryl methyl sites for hydroxylation is 1. The quantitative estimate of drug-likeness (QED) is 0.194. The Morgan fingerprint density at radius 3 is 2.00 bits per heavy atom. The first kappa shape index (κ1) is 31.1. The van der Waals surface area contributed by atoms with Crippen LogP contribution in [-0.4, -0.2) is 40.4 Å². The molecule has 230 valence electrons. The van der Waals surface area contributed by atoms with Crippen LogP contribution in [0, 0.1) is 12.8 Å². The van der Waals surface area contributed by atoms with Crippen LogP contribution >= 0.6 is 0 Å². The average molecular weight is 598 g/mol. The SMILES string of the molecule is CC[C@H](C)[C@H](N)C(=O)O[C@H]1C[C@H](n2cc(C)c(=O)[nH]c2=O)O[C@@H]1COC(c1ccccc1)(c1ccccc1)c1ccccc1. The number of hydrogen-bond acceptors (Lipinski definition) is 7. The van der Waals surface area contributed by atoms with Crippen LogP contribution < -0.4 is 17.0 Å². The second kappa shape index (κ2) is 13.5. The van der Waals surface area contributed by atoms with E-state index in [1.54, 1.807) is 6.92 Å². The Hall–Kier alpha value is -4.31. The molecule has 1 aliphatic rings. The maximum atomic E-state index is 13.2. The molecule has 0 unspecified atom stereocenters. The van der Waals surface area contributed by atoms with Crippen LogP contribution in [0.4, 0.5) is 0 Å². The normalized spacial score (nSPS) is 19.8. The maximum absolute atomic E-state index is 13.2. The van der Waals surface area contributed by atoms with Crippen molar-refractivity contribution in [1.29, 1.82) is 0 Å². The van der Waals surface area contributed by atoms with Crippen molar-refractivity contribution in [1.82, 2.24) is 9.55 Å². The zero-order valence-corrected chi connectivity index (χ0v) is 25.2. The average Bonchev–Trinajstić information content (AvgIpc) is 3.45. The number of esters is 1. The second-order valence-electron chi connectivity index (χ2n) is 11.3. The molecule has 3 N–H and O–H groups in total. The molecule has 1 saturated heterocycles. The van der Waals surface area contributed by atoms with Gasteiger partial charge in [0.1, 0.15) is 30.1 Å². The van der Waals surface area contributed by atoms with Crippen LogP contribution in [-0.2, 0) is 24.6 Å². The Bertz CT molecular complexity index is 1560. The Kier molecular flexibility index (Phi) is 9.58. The minimum atomic E-state index is -1.03. The molecule has 0 amide bonds. The van der Waals surface area contributed by atoms with Crippen molar-refractivity contribution in [3.8, 4) is 0 Å². The molecule has 1 aliphatic heterocycles. The van der Waals surface area contributed by atoms with Gasteiger partial charge in [-0.2, -0.15) is 0 Å². The van der Waals surface area contributed by atoms with Crippen molar-refractivity contribution in [2.45, 2.75) is 63.7 Å². The molecule has 0 saturated carbocycles. The third-order valence-corrected chi connectivity index (χ3v) is 8.44. The number of carbonyl (C=O) groups is 1. The Morgan fingerprint density at radius 1 is 0.977 bits per heavy atom. The van der Waals surface area contributed by atoms with Crippen molar-refractivity contribution in [3.05, 3.63) is 140 Å². The molecule has 4 aromatic rings. The summed E-state index contributed by atoms with van der Waals surface area (Å²) in [5, 5.41) is 0. The zero-order chi connectivity index (χ0) is 31.3. The van der Waals surface area contributed by atoms with Gasteiger partial charge in [-0.3, -0.25) is 19.1 Å². The molecular weight excluding hydrogens is 558 g/mol. The number of nitrogens with two attached hydrogens (primary N) is 1. The van der Waals surface area contributed by atoms with E-state index >= 15 is 0 Å². The fourth-order valence-electron chi connectivity index (χ4n) is 5.63. The highest BCUT2D eigenvalue weighted by molar-refractivity contribution is 5.76. The van der Waals surface area contributed by atoms with Crippen LogP contribution in [0.3, 0.4) is 0 Å². The van der Waals surface area contributed by atoms with Gasteiger partial charge in [-0.1, -0.05) is 111 Å². The van der Waals surface area contributed by atoms with Gasteiger partial charge in [0.25, 0.3) is 5.56 Å². The summed E-state index contributed by atoms with van der Waals surface area (Å²) in [6.07, 6.45) is 0.0363. The van der Waals surface area contributed by atoms with Crippen molar-refractivity contribution in [2.75, 3.05) is 6.61 Å². The topological polar surface area (TPSA) is 126 Å². The minimum Gasteiger partial charge on any atom is -0.458 e. The fraction of sp³-hybridized carbons (Fsp3) is 0.343. The van der Waals surface area contributed by atoms with Gasteiger partial charge in [0.2, 0.25) is 0 Å². The molecule has 9 heteroatoms. The lowest BCUT2D eigenvalue weighted by molar-refractivity contribution is -0.158. The van der Waals surface area contributed by atoms with E-state index in [0.717, 1.165) is 16.7 Å². The second-order valence-corrected chi connectivity index (χ2v) is 11.3. The zero-order valence-electron chi connectivity index (χ0n) is 25.2. The Morgan fingerprint density at radius 2 is 1.50 bits per heavy atom. The maximum Gasteiger partial charge on any atom is 0.330 e. The summed E-state index contributed by atoms with van der Waals surface area (Å²) in [6.45, 7) is 5.49. The van der Waals surface area contributed by atoms with E-state index in [4.69, 9.17) is 19.9 Å². The number of H-pyrrole nitrogens is 1. The highest BCUT2D eigenvalue weighted by Crippen LogP contribution is 2.42. The van der Waals surface area contributed by atoms with Crippen molar-refractivity contribution in [2.24, 2.45) is 11.7 Å². The summed E-state index contributed by atoms with van der Waals surface area (Å²) >= 11 is 0. The first-order chi connectivity index (χ1) is 21.2. The van der Waals surface area contributed by atoms with E-state index in [2.05, 4.69) is 4.98 Å². The van der Waals surface area contributed by atoms with E-state index < -0.39 is 47.3 Å². The first-order valence-electron chi connectivity index (χ1n) is 15.0. The highest BCUT2D eigenvalue weighted by Gasteiger charge is 2.44. The summed E-state index contributed by atoms with van der Waals surface area (Å²) in [6, 6.07) is 28.9. The molecule has 2 heterocycles. The highest BCUT2D eigenvalue weighted by atomic mass is 16.6. The van der Waals surface area contributed by atoms with Crippen LogP contribution in [0.25, 0.3) is 0 Å². The van der Waals surface area contributed by atoms with E-state index in [-0.39, 0.29) is 18.9 Å². The van der Waals surface area contributed by atoms with Gasteiger partial charge in [0, 0.05) is 18.2 Å². The van der Waals surface area contributed by atoms with Crippen LogP contribution in [0.15, 0.2) is 107 Å². The number of benzene rings is 3. The number of rotatable bonds is 11. The molecule has 9 nitrogen and oxygen atoms in total. The predicted octanol–water partition coefficient (Wildman–Crippen LogP) is 4.43. The smallest absolute Gasteiger partial charge is 0.330 e. The summed E-state index contributed by atoms with van der Waals surface area (Å²) in [7, 11) is 0. The lowest BCUT2D eigenvalue weighted by Crippen LogP contribution is -2.43. The predicted molar refractivity (Wildman–Crippen MR) is 167 cm³/mol. The standard InChI is InChI=1S/C35H39N3O6/c1-4-23(2)31(36)33(40)44-28-20-30(38-21-24(3)32(39)37-34(38)41)43-29(28)22-42-35(25-14-8-5-9-15-25,26-16-10-6-11-17-26)27-18-12-7-13-19-27/h5-19,21,23,28-31H,4,20,22,36H2,1-3H3,(H,37,39,41)/t23-,28-,29+,30+,31-/m0/s1. The molecule has 3 aromatic carbocycles. The molecule has 0 radical (unpaired) electrons. The largest absolute Gasteiger partial charge is 0.458 e. The van der Waals surface area contributed by atoms with Gasteiger partial charge in [0.05, 0.1) is 6.61 Å². The van der Waals surface area contributed by atoms with E-state index in [1.165, 1.54) is 10.8 Å².